The molecule has 1 N–H and O–H groups in total. The molecule has 0 fully saturated rings. The van der Waals surface area contributed by atoms with Crippen LogP contribution in [0.2, 0.25) is 0 Å². The van der Waals surface area contributed by atoms with Crippen molar-refractivity contribution in [1.29, 1.82) is 5.26 Å². The van der Waals surface area contributed by atoms with Gasteiger partial charge in [0.05, 0.1) is 36.0 Å². The van der Waals surface area contributed by atoms with Gasteiger partial charge in [0.2, 0.25) is 0 Å². The van der Waals surface area contributed by atoms with Crippen LogP contribution in [0.25, 0.3) is 10.9 Å². The molecule has 0 saturated heterocycles. The van der Waals surface area contributed by atoms with E-state index in [0.29, 0.717) is 24.3 Å². The van der Waals surface area contributed by atoms with Crippen LogP contribution in [0.4, 0.5) is 0 Å². The van der Waals surface area contributed by atoms with E-state index in [0.717, 1.165) is 22.2 Å². The van der Waals surface area contributed by atoms with Gasteiger partial charge in [0, 0.05) is 24.1 Å². The first-order valence-electron chi connectivity index (χ1n) is 8.78. The fourth-order valence-electron chi connectivity index (χ4n) is 3.06. The smallest absolute Gasteiger partial charge is 0.251 e. The molecule has 3 rings (SSSR count). The van der Waals surface area contributed by atoms with Crippen LogP contribution in [0.1, 0.15) is 34.1 Å². The van der Waals surface area contributed by atoms with Gasteiger partial charge < -0.3 is 10.1 Å². The maximum absolute atomic E-state index is 12.4. The van der Waals surface area contributed by atoms with E-state index in [1.54, 1.807) is 19.2 Å². The van der Waals surface area contributed by atoms with E-state index in [4.69, 9.17) is 10.00 Å². The van der Waals surface area contributed by atoms with Crippen LogP contribution < -0.4 is 5.32 Å². The van der Waals surface area contributed by atoms with Crippen molar-refractivity contribution < 1.29 is 9.53 Å². The fourth-order valence-corrected chi connectivity index (χ4v) is 3.06. The van der Waals surface area contributed by atoms with Gasteiger partial charge >= 0.3 is 0 Å². The summed E-state index contributed by atoms with van der Waals surface area (Å²) < 4.78 is 6.98. The third kappa shape index (κ3) is 4.15. The van der Waals surface area contributed by atoms with Gasteiger partial charge in [-0.3, -0.25) is 9.48 Å². The van der Waals surface area contributed by atoms with Gasteiger partial charge in [-0.25, -0.2) is 0 Å². The summed E-state index contributed by atoms with van der Waals surface area (Å²) in [7, 11) is 1.61. The minimum absolute atomic E-state index is 0.0570. The first kappa shape index (κ1) is 18.6. The molecule has 1 heterocycles. The molecule has 0 unspecified atom stereocenters. The van der Waals surface area contributed by atoms with Gasteiger partial charge in [-0.2, -0.15) is 10.4 Å². The summed E-state index contributed by atoms with van der Waals surface area (Å²) in [5, 5.41) is 17.4. The Balaban J connectivity index is 1.85. The minimum atomic E-state index is -0.124. The van der Waals surface area contributed by atoms with Crippen molar-refractivity contribution in [2.75, 3.05) is 13.7 Å². The highest BCUT2D eigenvalue weighted by molar-refractivity contribution is 5.98. The lowest BCUT2D eigenvalue weighted by Gasteiger charge is -2.12. The van der Waals surface area contributed by atoms with E-state index >= 15 is 0 Å². The monoisotopic (exact) mass is 362 g/mol. The molecule has 6 heteroatoms. The molecule has 2 aromatic carbocycles. The Bertz CT molecular complexity index is 999. The number of aromatic nitrogens is 2. The van der Waals surface area contributed by atoms with Crippen molar-refractivity contribution in [2.45, 2.75) is 26.4 Å². The fraction of sp³-hybridized carbons (Fsp3) is 0.286. The Morgan fingerprint density at radius 1 is 1.30 bits per heavy atom. The number of rotatable bonds is 6. The van der Waals surface area contributed by atoms with Gasteiger partial charge in [-0.05, 0) is 49.7 Å². The number of methoxy groups -OCH3 is 1. The number of hydrogen-bond acceptors (Lipinski definition) is 4. The van der Waals surface area contributed by atoms with Crippen LogP contribution in [-0.4, -0.2) is 35.4 Å². The van der Waals surface area contributed by atoms with Crippen LogP contribution in [0.15, 0.2) is 42.5 Å². The highest BCUT2D eigenvalue weighted by Crippen LogP contribution is 2.21. The van der Waals surface area contributed by atoms with Crippen molar-refractivity contribution in [3.63, 3.8) is 0 Å². The van der Waals surface area contributed by atoms with E-state index in [1.165, 1.54) is 0 Å². The Hall–Kier alpha value is -3.17. The van der Waals surface area contributed by atoms with E-state index in [2.05, 4.69) is 16.5 Å². The van der Waals surface area contributed by atoms with Gasteiger partial charge in [-0.15, -0.1) is 0 Å². The van der Waals surface area contributed by atoms with E-state index in [1.807, 2.05) is 48.9 Å². The van der Waals surface area contributed by atoms with Crippen LogP contribution in [0.5, 0.6) is 0 Å². The molecule has 1 amide bonds. The van der Waals surface area contributed by atoms with Gasteiger partial charge in [0.25, 0.3) is 5.91 Å². The molecule has 0 aliphatic heterocycles. The average Bonchev–Trinajstić information content (AvgIpc) is 2.97. The third-order valence-corrected chi connectivity index (χ3v) is 4.41. The predicted octanol–water partition coefficient (Wildman–Crippen LogP) is 3.03. The topological polar surface area (TPSA) is 79.9 Å². The Morgan fingerprint density at radius 3 is 2.70 bits per heavy atom. The second kappa shape index (κ2) is 8.02. The predicted molar refractivity (Wildman–Crippen MR) is 104 cm³/mol. The number of nitrogens with one attached hydrogen (secondary N) is 1. The number of fused-ring (bicyclic) bond motifs is 1. The molecule has 1 atom stereocenters. The standard InChI is InChI=1S/C21H22N4O2/c1-14(13-27-3)23-21(26)18-8-9-20-19(10-18)15(2)24-25(20)12-17-6-4-16(11-22)5-7-17/h4-10,14H,12-13H2,1-3H3,(H,23,26)/t14-/m0/s1. The average molecular weight is 362 g/mol. The second-order valence-corrected chi connectivity index (χ2v) is 6.61. The molecule has 0 bridgehead atoms. The lowest BCUT2D eigenvalue weighted by Crippen LogP contribution is -2.35. The van der Waals surface area contributed by atoms with E-state index < -0.39 is 0 Å². The first-order chi connectivity index (χ1) is 13.0. The number of hydrogen-bond donors (Lipinski definition) is 1. The summed E-state index contributed by atoms with van der Waals surface area (Å²) in [4.78, 5) is 12.4. The van der Waals surface area contributed by atoms with Crippen molar-refractivity contribution in [1.82, 2.24) is 15.1 Å². The molecule has 0 aliphatic carbocycles. The Labute approximate surface area is 158 Å². The summed E-state index contributed by atoms with van der Waals surface area (Å²) in [5.74, 6) is -0.124. The zero-order chi connectivity index (χ0) is 19.4. The number of ether oxygens (including phenoxy) is 1. The van der Waals surface area contributed by atoms with Crippen LogP contribution in [-0.2, 0) is 11.3 Å². The lowest BCUT2D eigenvalue weighted by molar-refractivity contribution is 0.0905. The summed E-state index contributed by atoms with van der Waals surface area (Å²) >= 11 is 0. The largest absolute Gasteiger partial charge is 0.383 e. The Morgan fingerprint density at radius 2 is 2.04 bits per heavy atom. The van der Waals surface area contributed by atoms with Crippen LogP contribution in [0.3, 0.4) is 0 Å². The van der Waals surface area contributed by atoms with Crippen molar-refractivity contribution in [2.24, 2.45) is 0 Å². The van der Waals surface area contributed by atoms with Gasteiger partial charge in [0.15, 0.2) is 0 Å². The highest BCUT2D eigenvalue weighted by atomic mass is 16.5. The number of nitrogens with zero attached hydrogens (tertiary/aromatic N) is 3. The third-order valence-electron chi connectivity index (χ3n) is 4.41. The summed E-state index contributed by atoms with van der Waals surface area (Å²) in [6.07, 6.45) is 0. The maximum atomic E-state index is 12.4. The quantitative estimate of drug-likeness (QED) is 0.731. The van der Waals surface area contributed by atoms with Crippen molar-refractivity contribution in [3.05, 3.63) is 64.8 Å². The number of amides is 1. The maximum Gasteiger partial charge on any atom is 0.251 e. The van der Waals surface area contributed by atoms with Gasteiger partial charge in [-0.1, -0.05) is 12.1 Å². The second-order valence-electron chi connectivity index (χ2n) is 6.61. The SMILES string of the molecule is COC[C@H](C)NC(=O)c1ccc2c(c1)c(C)nn2Cc1ccc(C#N)cc1. The minimum Gasteiger partial charge on any atom is -0.383 e. The summed E-state index contributed by atoms with van der Waals surface area (Å²) in [6, 6.07) is 15.1. The molecule has 6 nitrogen and oxygen atoms in total. The lowest BCUT2D eigenvalue weighted by atomic mass is 10.1. The van der Waals surface area contributed by atoms with Crippen molar-refractivity contribution >= 4 is 16.8 Å². The van der Waals surface area contributed by atoms with Gasteiger partial charge in [0.1, 0.15) is 0 Å². The van der Waals surface area contributed by atoms with E-state index in [9.17, 15) is 4.79 Å². The zero-order valence-electron chi connectivity index (χ0n) is 15.7. The molecular weight excluding hydrogens is 340 g/mol. The molecule has 0 saturated carbocycles. The molecule has 1 aromatic heterocycles. The van der Waals surface area contributed by atoms with Crippen LogP contribution in [0, 0.1) is 18.3 Å². The normalized spacial score (nSPS) is 11.9. The number of benzene rings is 2. The molecule has 0 aliphatic rings. The van der Waals surface area contributed by atoms with Crippen LogP contribution >= 0.6 is 0 Å². The zero-order valence-corrected chi connectivity index (χ0v) is 15.7. The Kier molecular flexibility index (Phi) is 5.53. The molecule has 0 radical (unpaired) electrons. The summed E-state index contributed by atoms with van der Waals surface area (Å²) in [6.45, 7) is 4.91. The molecule has 0 spiro atoms. The number of carbonyl (C=O) groups is 1. The van der Waals surface area contributed by atoms with E-state index in [-0.39, 0.29) is 11.9 Å². The molecule has 138 valence electrons. The first-order valence-corrected chi connectivity index (χ1v) is 8.78. The highest BCUT2D eigenvalue weighted by Gasteiger charge is 2.14. The number of aryl methyl sites for hydroxylation is 1. The summed E-state index contributed by atoms with van der Waals surface area (Å²) in [5.41, 5.74) is 4.15. The van der Waals surface area contributed by atoms with Crippen molar-refractivity contribution in [3.8, 4) is 6.07 Å². The molecule has 3 aromatic rings. The number of nitriles is 1. The number of carbonyl (C=O) groups excluding carboxylic acids is 1. The molecule has 27 heavy (non-hydrogen) atoms. The molecular formula is C21H22N4O2.